The highest BCUT2D eigenvalue weighted by Crippen LogP contribution is 2.33. The molecule has 2 aromatic carbocycles. The van der Waals surface area contributed by atoms with Gasteiger partial charge in [-0.15, -0.1) is 0 Å². The number of nitrogens with zero attached hydrogens (tertiary/aromatic N) is 2. The molecule has 9 heteroatoms. The summed E-state index contributed by atoms with van der Waals surface area (Å²) in [5.41, 5.74) is 1.54. The first-order chi connectivity index (χ1) is 16.8. The molecule has 2 heterocycles. The van der Waals surface area contributed by atoms with Crippen molar-refractivity contribution in [3.63, 3.8) is 0 Å². The monoisotopic (exact) mass is 541 g/mol. The van der Waals surface area contributed by atoms with E-state index in [1.165, 1.54) is 4.90 Å². The van der Waals surface area contributed by atoms with Gasteiger partial charge in [-0.1, -0.05) is 22.0 Å². The summed E-state index contributed by atoms with van der Waals surface area (Å²) in [5.74, 6) is 2.59. The number of amides is 3. The van der Waals surface area contributed by atoms with E-state index >= 15 is 0 Å². The number of carbonyl (C=O) groups is 2. The van der Waals surface area contributed by atoms with Crippen molar-refractivity contribution in [3.8, 4) is 11.5 Å². The van der Waals surface area contributed by atoms with E-state index in [-0.39, 0.29) is 37.9 Å². The maximum Gasteiger partial charge on any atom is 0.322 e. The summed E-state index contributed by atoms with van der Waals surface area (Å²) in [6.07, 6.45) is 0. The molecule has 1 aromatic heterocycles. The summed E-state index contributed by atoms with van der Waals surface area (Å²) in [7, 11) is 0. The van der Waals surface area contributed by atoms with Crippen molar-refractivity contribution >= 4 is 33.6 Å². The normalized spacial score (nSPS) is 12.0. The number of halogens is 1. The molecule has 1 aliphatic rings. The van der Waals surface area contributed by atoms with Gasteiger partial charge in [0.2, 0.25) is 12.7 Å². The van der Waals surface area contributed by atoms with Gasteiger partial charge in [0.15, 0.2) is 11.5 Å². The van der Waals surface area contributed by atoms with Gasteiger partial charge in [0.05, 0.1) is 6.54 Å². The van der Waals surface area contributed by atoms with E-state index in [0.29, 0.717) is 29.5 Å². The Bertz CT molecular complexity index is 1190. The summed E-state index contributed by atoms with van der Waals surface area (Å²) >= 11 is 3.39. The van der Waals surface area contributed by atoms with Crippen LogP contribution in [-0.4, -0.2) is 41.1 Å². The second-order valence-corrected chi connectivity index (χ2v) is 9.52. The summed E-state index contributed by atoms with van der Waals surface area (Å²) in [5, 5.41) is 2.87. The predicted octanol–water partition coefficient (Wildman–Crippen LogP) is 5.55. The molecule has 0 spiro atoms. The number of hydrogen-bond acceptors (Lipinski definition) is 5. The van der Waals surface area contributed by atoms with E-state index < -0.39 is 0 Å². The van der Waals surface area contributed by atoms with Crippen molar-refractivity contribution in [1.82, 2.24) is 9.80 Å². The molecule has 0 saturated heterocycles. The number of nitrogens with one attached hydrogen (secondary N) is 1. The second kappa shape index (κ2) is 10.9. The number of benzene rings is 2. The van der Waals surface area contributed by atoms with Crippen LogP contribution in [0.5, 0.6) is 11.5 Å². The summed E-state index contributed by atoms with van der Waals surface area (Å²) in [6, 6.07) is 16.1. The highest BCUT2D eigenvalue weighted by atomic mass is 79.9. The Morgan fingerprint density at radius 3 is 2.43 bits per heavy atom. The number of aryl methyl sites for hydroxylation is 1. The Kier molecular flexibility index (Phi) is 7.65. The molecule has 0 bridgehead atoms. The lowest BCUT2D eigenvalue weighted by atomic mass is 10.1. The van der Waals surface area contributed by atoms with E-state index in [4.69, 9.17) is 13.9 Å². The number of hydrogen-bond donors (Lipinski definition) is 1. The standard InChI is InChI=1S/C26H28BrN3O5/c1-17(2)30(26(32)28-21-8-6-20(27)7-9-21)15-25(31)29(14-22-10-4-18(3)35-22)13-19-5-11-23-24(12-19)34-16-33-23/h4-12,17H,13-16H2,1-3H3,(H,28,32). The zero-order chi connectivity index (χ0) is 24.9. The SMILES string of the molecule is Cc1ccc(CN(Cc2ccc3c(c2)OCO3)C(=O)CN(C(=O)Nc2ccc(Br)cc2)C(C)C)o1. The smallest absolute Gasteiger partial charge is 0.322 e. The van der Waals surface area contributed by atoms with Crippen LogP contribution in [0.25, 0.3) is 0 Å². The third-order valence-corrected chi connectivity index (χ3v) is 6.12. The van der Waals surface area contributed by atoms with Gasteiger partial charge in [0, 0.05) is 22.7 Å². The molecule has 1 aliphatic heterocycles. The number of urea groups is 1. The van der Waals surface area contributed by atoms with Crippen LogP contribution in [0.15, 0.2) is 63.5 Å². The Labute approximate surface area is 212 Å². The third kappa shape index (κ3) is 6.36. The number of fused-ring (bicyclic) bond motifs is 1. The van der Waals surface area contributed by atoms with Gasteiger partial charge in [-0.25, -0.2) is 4.79 Å². The predicted molar refractivity (Wildman–Crippen MR) is 135 cm³/mol. The fraction of sp³-hybridized carbons (Fsp3) is 0.308. The van der Waals surface area contributed by atoms with Gasteiger partial charge < -0.3 is 29.0 Å². The maximum absolute atomic E-state index is 13.5. The average molecular weight is 542 g/mol. The third-order valence-electron chi connectivity index (χ3n) is 5.59. The van der Waals surface area contributed by atoms with Crippen molar-refractivity contribution in [2.75, 3.05) is 18.7 Å². The Morgan fingerprint density at radius 1 is 1.00 bits per heavy atom. The van der Waals surface area contributed by atoms with Gasteiger partial charge in [-0.05, 0) is 74.9 Å². The minimum Gasteiger partial charge on any atom is -0.464 e. The van der Waals surface area contributed by atoms with Gasteiger partial charge in [-0.3, -0.25) is 4.79 Å². The highest BCUT2D eigenvalue weighted by molar-refractivity contribution is 9.10. The molecule has 0 unspecified atom stereocenters. The molecule has 0 atom stereocenters. The number of carbonyl (C=O) groups excluding carboxylic acids is 2. The van der Waals surface area contributed by atoms with Crippen molar-refractivity contribution < 1.29 is 23.5 Å². The Hall–Kier alpha value is -3.46. The molecule has 8 nitrogen and oxygen atoms in total. The van der Waals surface area contributed by atoms with Crippen LogP contribution in [0.3, 0.4) is 0 Å². The molecule has 4 rings (SSSR count). The second-order valence-electron chi connectivity index (χ2n) is 8.61. The number of rotatable bonds is 8. The summed E-state index contributed by atoms with van der Waals surface area (Å²) < 4.78 is 17.5. The molecule has 0 saturated carbocycles. The summed E-state index contributed by atoms with van der Waals surface area (Å²) in [4.78, 5) is 29.7. The lowest BCUT2D eigenvalue weighted by Crippen LogP contribution is -2.47. The maximum atomic E-state index is 13.5. The molecule has 3 amide bonds. The molecule has 184 valence electrons. The molecular weight excluding hydrogens is 514 g/mol. The van der Waals surface area contributed by atoms with Crippen LogP contribution in [-0.2, 0) is 17.9 Å². The first kappa shape index (κ1) is 24.7. The first-order valence-corrected chi connectivity index (χ1v) is 12.1. The van der Waals surface area contributed by atoms with Crippen LogP contribution >= 0.6 is 15.9 Å². The average Bonchev–Trinajstić information content (AvgIpc) is 3.46. The fourth-order valence-electron chi connectivity index (χ4n) is 3.71. The van der Waals surface area contributed by atoms with Gasteiger partial charge in [-0.2, -0.15) is 0 Å². The molecule has 35 heavy (non-hydrogen) atoms. The lowest BCUT2D eigenvalue weighted by molar-refractivity contribution is -0.133. The van der Waals surface area contributed by atoms with Crippen LogP contribution in [0.2, 0.25) is 0 Å². The molecule has 0 aliphatic carbocycles. The first-order valence-electron chi connectivity index (χ1n) is 11.3. The Morgan fingerprint density at radius 2 is 1.74 bits per heavy atom. The molecule has 0 radical (unpaired) electrons. The van der Waals surface area contributed by atoms with Gasteiger partial charge in [0.1, 0.15) is 18.1 Å². The van der Waals surface area contributed by atoms with Crippen molar-refractivity contribution in [3.05, 3.63) is 76.2 Å². The minimum absolute atomic E-state index is 0.0791. The zero-order valence-corrected chi connectivity index (χ0v) is 21.5. The van der Waals surface area contributed by atoms with Crippen LogP contribution in [0.4, 0.5) is 10.5 Å². The van der Waals surface area contributed by atoms with E-state index in [1.54, 1.807) is 17.0 Å². The van der Waals surface area contributed by atoms with Gasteiger partial charge >= 0.3 is 6.03 Å². The largest absolute Gasteiger partial charge is 0.464 e. The van der Waals surface area contributed by atoms with E-state index in [0.717, 1.165) is 15.8 Å². The zero-order valence-electron chi connectivity index (χ0n) is 19.9. The lowest BCUT2D eigenvalue weighted by Gasteiger charge is -2.30. The molecule has 0 fully saturated rings. The van der Waals surface area contributed by atoms with Crippen molar-refractivity contribution in [2.45, 2.75) is 39.9 Å². The van der Waals surface area contributed by atoms with Crippen LogP contribution in [0.1, 0.15) is 30.9 Å². The number of anilines is 1. The van der Waals surface area contributed by atoms with Gasteiger partial charge in [0.25, 0.3) is 0 Å². The number of ether oxygens (including phenoxy) is 2. The minimum atomic E-state index is -0.340. The van der Waals surface area contributed by atoms with E-state index in [1.807, 2.05) is 63.2 Å². The van der Waals surface area contributed by atoms with E-state index in [9.17, 15) is 9.59 Å². The highest BCUT2D eigenvalue weighted by Gasteiger charge is 2.25. The van der Waals surface area contributed by atoms with Crippen LogP contribution in [0, 0.1) is 6.92 Å². The van der Waals surface area contributed by atoms with Crippen molar-refractivity contribution in [2.24, 2.45) is 0 Å². The fourth-order valence-corrected chi connectivity index (χ4v) is 3.98. The molecular formula is C26H28BrN3O5. The van der Waals surface area contributed by atoms with E-state index in [2.05, 4.69) is 21.2 Å². The topological polar surface area (TPSA) is 84.2 Å². The quantitative estimate of drug-likeness (QED) is 0.404. The number of furan rings is 1. The molecule has 3 aromatic rings. The van der Waals surface area contributed by atoms with Crippen molar-refractivity contribution in [1.29, 1.82) is 0 Å². The Balaban J connectivity index is 1.50. The summed E-state index contributed by atoms with van der Waals surface area (Å²) in [6.45, 7) is 6.34. The molecule has 1 N–H and O–H groups in total. The van der Waals surface area contributed by atoms with Crippen LogP contribution < -0.4 is 14.8 Å².